The molecule has 1 unspecified atom stereocenters. The van der Waals surface area contributed by atoms with Gasteiger partial charge >= 0.3 is 12.1 Å². The van der Waals surface area contributed by atoms with E-state index < -0.39 is 12.1 Å². The lowest BCUT2D eigenvalue weighted by molar-refractivity contribution is -0.192. The fourth-order valence-electron chi connectivity index (χ4n) is 3.98. The number of aromatic nitrogens is 1. The lowest BCUT2D eigenvalue weighted by Crippen LogP contribution is -2.36. The zero-order chi connectivity index (χ0) is 25.8. The molecule has 0 bridgehead atoms. The van der Waals surface area contributed by atoms with Crippen molar-refractivity contribution in [3.8, 4) is 0 Å². The number of anilines is 1. The van der Waals surface area contributed by atoms with Crippen molar-refractivity contribution in [2.45, 2.75) is 44.9 Å². The van der Waals surface area contributed by atoms with Crippen molar-refractivity contribution >= 4 is 28.5 Å². The molecule has 7 nitrogen and oxygen atoms in total. The molecule has 0 spiro atoms. The number of rotatable bonds is 4. The number of fused-ring (bicyclic) bond motifs is 2. The molecule has 0 saturated heterocycles. The first-order chi connectivity index (χ1) is 16.5. The Hall–Kier alpha value is -3.66. The van der Waals surface area contributed by atoms with Crippen LogP contribution in [-0.4, -0.2) is 33.8 Å². The van der Waals surface area contributed by atoms with E-state index in [1.165, 1.54) is 11.1 Å². The zero-order valence-corrected chi connectivity index (χ0v) is 19.3. The van der Waals surface area contributed by atoms with Gasteiger partial charge in [-0.15, -0.1) is 0 Å². The highest BCUT2D eigenvalue weighted by molar-refractivity contribution is 5.93. The predicted octanol–water partition coefficient (Wildman–Crippen LogP) is 3.91. The van der Waals surface area contributed by atoms with Gasteiger partial charge in [-0.3, -0.25) is 9.59 Å². The van der Waals surface area contributed by atoms with Gasteiger partial charge in [-0.1, -0.05) is 24.3 Å². The van der Waals surface area contributed by atoms with Crippen molar-refractivity contribution in [2.75, 3.05) is 5.32 Å². The highest BCUT2D eigenvalue weighted by Crippen LogP contribution is 2.21. The first kappa shape index (κ1) is 26.0. The maximum absolute atomic E-state index is 12.4. The number of aryl methyl sites for hydroxylation is 2. The van der Waals surface area contributed by atoms with E-state index >= 15 is 0 Å². The Bertz CT molecular complexity index is 1300. The van der Waals surface area contributed by atoms with Crippen LogP contribution in [-0.2, 0) is 29.6 Å². The second-order valence-electron chi connectivity index (χ2n) is 8.41. The average molecular weight is 489 g/mol. The number of hydrogen-bond acceptors (Lipinski definition) is 4. The van der Waals surface area contributed by atoms with Crippen molar-refractivity contribution in [1.29, 1.82) is 0 Å². The summed E-state index contributed by atoms with van der Waals surface area (Å²) in [5.74, 6) is -2.74. The van der Waals surface area contributed by atoms with E-state index in [0.29, 0.717) is 18.0 Å². The number of nitrogens with zero attached hydrogens (tertiary/aromatic N) is 1. The molecule has 0 fully saturated rings. The minimum absolute atomic E-state index is 0.00541. The van der Waals surface area contributed by atoms with Gasteiger partial charge in [0.1, 0.15) is 0 Å². The van der Waals surface area contributed by atoms with Crippen molar-refractivity contribution in [3.05, 3.63) is 75.6 Å². The summed E-state index contributed by atoms with van der Waals surface area (Å²) in [5.41, 5.74) is 5.05. The zero-order valence-electron chi connectivity index (χ0n) is 19.3. The summed E-state index contributed by atoms with van der Waals surface area (Å²) in [7, 11) is 1.77. The van der Waals surface area contributed by atoms with Gasteiger partial charge in [0.15, 0.2) is 0 Å². The largest absolute Gasteiger partial charge is 0.490 e. The first-order valence-corrected chi connectivity index (χ1v) is 11.0. The fourth-order valence-corrected chi connectivity index (χ4v) is 3.98. The van der Waals surface area contributed by atoms with E-state index in [1.807, 2.05) is 31.2 Å². The molecule has 0 radical (unpaired) electrons. The van der Waals surface area contributed by atoms with Gasteiger partial charge in [0.05, 0.1) is 5.52 Å². The summed E-state index contributed by atoms with van der Waals surface area (Å²) >= 11 is 0. The molecule has 2 heterocycles. The van der Waals surface area contributed by atoms with E-state index in [0.717, 1.165) is 36.0 Å². The number of carboxylic acid groups (broad SMARTS) is 1. The van der Waals surface area contributed by atoms with E-state index in [4.69, 9.17) is 9.90 Å². The molecule has 1 aliphatic heterocycles. The number of alkyl halides is 3. The van der Waals surface area contributed by atoms with E-state index in [9.17, 15) is 22.8 Å². The summed E-state index contributed by atoms with van der Waals surface area (Å²) in [6, 6.07) is 16.3. The monoisotopic (exact) mass is 489 g/mol. The topological polar surface area (TPSA) is 100 Å². The summed E-state index contributed by atoms with van der Waals surface area (Å²) < 4.78 is 33.4. The van der Waals surface area contributed by atoms with Gasteiger partial charge in [0.2, 0.25) is 5.91 Å². The van der Waals surface area contributed by atoms with Crippen LogP contribution in [0, 0.1) is 6.92 Å². The Labute approximate surface area is 199 Å². The van der Waals surface area contributed by atoms with Crippen LogP contribution in [0.1, 0.15) is 29.5 Å². The lowest BCUT2D eigenvalue weighted by Gasteiger charge is -2.26. The molecular weight excluding hydrogens is 463 g/mol. The van der Waals surface area contributed by atoms with Crippen LogP contribution in [0.3, 0.4) is 0 Å². The van der Waals surface area contributed by atoms with Crippen LogP contribution < -0.4 is 16.2 Å². The number of aliphatic carboxylic acids is 1. The van der Waals surface area contributed by atoms with Crippen LogP contribution in [0.5, 0.6) is 0 Å². The highest BCUT2D eigenvalue weighted by Gasteiger charge is 2.38. The van der Waals surface area contributed by atoms with E-state index in [-0.39, 0.29) is 11.5 Å². The minimum atomic E-state index is -5.08. The molecule has 35 heavy (non-hydrogen) atoms. The highest BCUT2D eigenvalue weighted by atomic mass is 19.4. The van der Waals surface area contributed by atoms with Gasteiger partial charge < -0.3 is 20.3 Å². The number of amides is 1. The van der Waals surface area contributed by atoms with Gasteiger partial charge in [-0.25, -0.2) is 4.79 Å². The van der Waals surface area contributed by atoms with Crippen molar-refractivity contribution in [2.24, 2.45) is 7.05 Å². The third-order valence-electron chi connectivity index (χ3n) is 5.81. The standard InChI is InChI=1S/C23H25N3O2.C2HF3O2/c1-15-11-18-13-20(7-9-21(18)26(2)23(15)28)25-22(27)10-8-19-12-16-5-3-4-6-17(16)14-24-19;3-2(4,5)1(6)7/h3-7,9,11,13,19,24H,8,10,12,14H2,1-2H3,(H,25,27);(H,6,7). The van der Waals surface area contributed by atoms with Crippen LogP contribution in [0.2, 0.25) is 0 Å². The number of hydrogen-bond donors (Lipinski definition) is 3. The van der Waals surface area contributed by atoms with Gasteiger partial charge in [-0.05, 0) is 55.2 Å². The van der Waals surface area contributed by atoms with Crippen LogP contribution in [0.15, 0.2) is 53.3 Å². The average Bonchev–Trinajstić information content (AvgIpc) is 2.81. The van der Waals surface area contributed by atoms with E-state index in [1.54, 1.807) is 11.6 Å². The summed E-state index contributed by atoms with van der Waals surface area (Å²) in [6.07, 6.45) is -2.84. The predicted molar refractivity (Wildman–Crippen MR) is 126 cm³/mol. The van der Waals surface area contributed by atoms with Crippen LogP contribution in [0.25, 0.3) is 10.9 Å². The number of benzene rings is 2. The van der Waals surface area contributed by atoms with Crippen molar-refractivity contribution < 1.29 is 27.9 Å². The lowest BCUT2D eigenvalue weighted by atomic mass is 9.93. The Morgan fingerprint density at radius 2 is 1.80 bits per heavy atom. The molecule has 3 N–H and O–H groups in total. The van der Waals surface area contributed by atoms with Gasteiger partial charge in [-0.2, -0.15) is 13.2 Å². The number of halogens is 3. The molecule has 2 aromatic carbocycles. The number of pyridine rings is 1. The number of carboxylic acids is 1. The minimum Gasteiger partial charge on any atom is -0.475 e. The van der Waals surface area contributed by atoms with Gasteiger partial charge in [0, 0.05) is 42.7 Å². The third kappa shape index (κ3) is 6.69. The molecule has 1 aromatic heterocycles. The fraction of sp³-hybridized carbons (Fsp3) is 0.320. The summed E-state index contributed by atoms with van der Waals surface area (Å²) in [5, 5.41) is 14.6. The summed E-state index contributed by atoms with van der Waals surface area (Å²) in [6.45, 7) is 2.67. The smallest absolute Gasteiger partial charge is 0.475 e. The first-order valence-electron chi connectivity index (χ1n) is 11.0. The Balaban J connectivity index is 0.000000429. The quantitative estimate of drug-likeness (QED) is 0.516. The maximum atomic E-state index is 12.4. The molecule has 0 saturated carbocycles. The molecule has 10 heteroatoms. The van der Waals surface area contributed by atoms with Gasteiger partial charge in [0.25, 0.3) is 5.56 Å². The Kier molecular flexibility index (Phi) is 7.96. The van der Waals surface area contributed by atoms with Crippen LogP contribution >= 0.6 is 0 Å². The molecule has 1 atom stereocenters. The van der Waals surface area contributed by atoms with Crippen molar-refractivity contribution in [1.82, 2.24) is 9.88 Å². The Morgan fingerprint density at radius 1 is 1.14 bits per heavy atom. The number of nitrogens with one attached hydrogen (secondary N) is 2. The SMILES string of the molecule is Cc1cc2cc(NC(=O)CCC3Cc4ccccc4CN3)ccc2n(C)c1=O.O=C(O)C(F)(F)F. The Morgan fingerprint density at radius 3 is 2.46 bits per heavy atom. The molecule has 1 amide bonds. The molecule has 0 aliphatic carbocycles. The maximum Gasteiger partial charge on any atom is 0.490 e. The molecule has 1 aliphatic rings. The van der Waals surface area contributed by atoms with Crippen molar-refractivity contribution in [3.63, 3.8) is 0 Å². The molecular formula is C25H26F3N3O4. The molecule has 4 rings (SSSR count). The number of carbonyl (C=O) groups excluding carboxylic acids is 1. The second kappa shape index (κ2) is 10.7. The normalized spacial score (nSPS) is 15.1. The van der Waals surface area contributed by atoms with Crippen LogP contribution in [0.4, 0.5) is 18.9 Å². The summed E-state index contributed by atoms with van der Waals surface area (Å²) in [4.78, 5) is 33.4. The second-order valence-corrected chi connectivity index (χ2v) is 8.41. The molecule has 3 aromatic rings. The number of carbonyl (C=O) groups is 2. The van der Waals surface area contributed by atoms with E-state index in [2.05, 4.69) is 34.9 Å². The third-order valence-corrected chi connectivity index (χ3v) is 5.81. The molecule has 186 valence electrons.